The highest BCUT2D eigenvalue weighted by Gasteiger charge is 2.12. The van der Waals surface area contributed by atoms with E-state index in [-0.39, 0.29) is 18.0 Å². The van der Waals surface area contributed by atoms with E-state index in [1.54, 1.807) is 25.1 Å². The van der Waals surface area contributed by atoms with Crippen molar-refractivity contribution in [2.45, 2.75) is 26.8 Å². The first kappa shape index (κ1) is 15.9. The number of aromatic nitrogens is 2. The van der Waals surface area contributed by atoms with Crippen LogP contribution in [0.1, 0.15) is 18.3 Å². The molecular formula is C19H19N3O2. The quantitative estimate of drug-likeness (QED) is 0.803. The average molecular weight is 321 g/mol. The molecule has 5 heteroatoms. The van der Waals surface area contributed by atoms with E-state index in [2.05, 4.69) is 10.3 Å². The molecule has 2 aromatic carbocycles. The van der Waals surface area contributed by atoms with Crippen molar-refractivity contribution in [2.75, 3.05) is 5.32 Å². The van der Waals surface area contributed by atoms with Crippen LogP contribution in [0.3, 0.4) is 0 Å². The SMILES string of the molecule is CCc1ccccc1NC(=O)Cn1c(C)nc2ccccc2c1=O. The number of carbonyl (C=O) groups excluding carboxylic acids is 1. The van der Waals surface area contributed by atoms with E-state index in [1.807, 2.05) is 37.3 Å². The molecule has 0 saturated carbocycles. The molecule has 0 fully saturated rings. The smallest absolute Gasteiger partial charge is 0.261 e. The predicted octanol–water partition coefficient (Wildman–Crippen LogP) is 2.91. The van der Waals surface area contributed by atoms with Gasteiger partial charge in [-0.1, -0.05) is 37.3 Å². The zero-order valence-electron chi connectivity index (χ0n) is 13.7. The number of anilines is 1. The fraction of sp³-hybridized carbons (Fsp3) is 0.211. The first-order valence-corrected chi connectivity index (χ1v) is 7.94. The maximum atomic E-state index is 12.6. The van der Waals surface area contributed by atoms with Gasteiger partial charge in [-0.3, -0.25) is 14.2 Å². The Morgan fingerprint density at radius 1 is 1.12 bits per heavy atom. The lowest BCUT2D eigenvalue weighted by Crippen LogP contribution is -2.30. The number of carbonyl (C=O) groups is 1. The molecular weight excluding hydrogens is 302 g/mol. The van der Waals surface area contributed by atoms with Gasteiger partial charge >= 0.3 is 0 Å². The van der Waals surface area contributed by atoms with Crippen molar-refractivity contribution in [1.82, 2.24) is 9.55 Å². The molecule has 1 heterocycles. The second-order valence-electron chi connectivity index (χ2n) is 5.63. The number of amides is 1. The lowest BCUT2D eigenvalue weighted by Gasteiger charge is -2.13. The van der Waals surface area contributed by atoms with Crippen molar-refractivity contribution in [3.8, 4) is 0 Å². The number of nitrogens with zero attached hydrogens (tertiary/aromatic N) is 2. The van der Waals surface area contributed by atoms with Crippen LogP contribution in [0, 0.1) is 6.92 Å². The summed E-state index contributed by atoms with van der Waals surface area (Å²) < 4.78 is 1.41. The van der Waals surface area contributed by atoms with Gasteiger partial charge in [0.1, 0.15) is 12.4 Å². The van der Waals surface area contributed by atoms with Crippen LogP contribution in [0.4, 0.5) is 5.69 Å². The molecule has 0 spiro atoms. The number of hydrogen-bond acceptors (Lipinski definition) is 3. The summed E-state index contributed by atoms with van der Waals surface area (Å²) in [5.74, 6) is 0.288. The Balaban J connectivity index is 1.90. The lowest BCUT2D eigenvalue weighted by molar-refractivity contribution is -0.116. The van der Waals surface area contributed by atoms with Crippen LogP contribution < -0.4 is 10.9 Å². The Hall–Kier alpha value is -2.95. The predicted molar refractivity (Wildman–Crippen MR) is 95.2 cm³/mol. The van der Waals surface area contributed by atoms with Gasteiger partial charge in [0.15, 0.2) is 0 Å². The van der Waals surface area contributed by atoms with Gasteiger partial charge in [-0.15, -0.1) is 0 Å². The normalized spacial score (nSPS) is 10.8. The van der Waals surface area contributed by atoms with Gasteiger partial charge in [-0.05, 0) is 37.1 Å². The first-order chi connectivity index (χ1) is 11.6. The van der Waals surface area contributed by atoms with E-state index >= 15 is 0 Å². The fourth-order valence-electron chi connectivity index (χ4n) is 2.75. The summed E-state index contributed by atoms with van der Waals surface area (Å²) in [5, 5.41) is 3.40. The number of hydrogen-bond donors (Lipinski definition) is 1. The van der Waals surface area contributed by atoms with E-state index in [9.17, 15) is 9.59 Å². The molecule has 0 aliphatic rings. The minimum absolute atomic E-state index is 0.0550. The van der Waals surface area contributed by atoms with Crippen LogP contribution in [-0.4, -0.2) is 15.5 Å². The van der Waals surface area contributed by atoms with Crippen molar-refractivity contribution in [2.24, 2.45) is 0 Å². The van der Waals surface area contributed by atoms with E-state index in [1.165, 1.54) is 4.57 Å². The summed E-state index contributed by atoms with van der Waals surface area (Å²) in [6, 6.07) is 14.8. The van der Waals surface area contributed by atoms with Crippen molar-refractivity contribution < 1.29 is 4.79 Å². The Morgan fingerprint density at radius 2 is 1.83 bits per heavy atom. The van der Waals surface area contributed by atoms with Crippen LogP contribution in [0.25, 0.3) is 10.9 Å². The van der Waals surface area contributed by atoms with Gasteiger partial charge in [0.25, 0.3) is 5.56 Å². The summed E-state index contributed by atoms with van der Waals surface area (Å²) in [5.41, 5.74) is 2.29. The number of nitrogens with one attached hydrogen (secondary N) is 1. The van der Waals surface area contributed by atoms with Crippen LogP contribution in [0.5, 0.6) is 0 Å². The zero-order valence-corrected chi connectivity index (χ0v) is 13.7. The Kier molecular flexibility index (Phi) is 4.42. The molecule has 0 atom stereocenters. The molecule has 0 saturated heterocycles. The van der Waals surface area contributed by atoms with Crippen molar-refractivity contribution in [3.05, 3.63) is 70.3 Å². The molecule has 1 aromatic heterocycles. The minimum Gasteiger partial charge on any atom is -0.324 e. The molecule has 3 aromatic rings. The molecule has 0 aliphatic heterocycles. The molecule has 3 rings (SSSR count). The topological polar surface area (TPSA) is 64.0 Å². The van der Waals surface area contributed by atoms with E-state index in [0.29, 0.717) is 16.7 Å². The highest BCUT2D eigenvalue weighted by atomic mass is 16.2. The van der Waals surface area contributed by atoms with Gasteiger partial charge < -0.3 is 5.32 Å². The van der Waals surface area contributed by atoms with Crippen molar-refractivity contribution in [1.29, 1.82) is 0 Å². The largest absolute Gasteiger partial charge is 0.324 e. The molecule has 0 radical (unpaired) electrons. The second-order valence-corrected chi connectivity index (χ2v) is 5.63. The fourth-order valence-corrected chi connectivity index (χ4v) is 2.75. The van der Waals surface area contributed by atoms with Crippen LogP contribution >= 0.6 is 0 Å². The van der Waals surface area contributed by atoms with Crippen LogP contribution in [-0.2, 0) is 17.8 Å². The third-order valence-corrected chi connectivity index (χ3v) is 4.03. The molecule has 5 nitrogen and oxygen atoms in total. The second kappa shape index (κ2) is 6.66. The molecule has 0 aliphatic carbocycles. The zero-order chi connectivity index (χ0) is 17.1. The standard InChI is InChI=1S/C19H19N3O2/c1-3-14-8-4-6-10-16(14)21-18(23)12-22-13(2)20-17-11-7-5-9-15(17)19(22)24/h4-11H,3,12H2,1-2H3,(H,21,23). The van der Waals surface area contributed by atoms with Gasteiger partial charge in [0, 0.05) is 5.69 Å². The van der Waals surface area contributed by atoms with Gasteiger partial charge in [-0.25, -0.2) is 4.98 Å². The number of para-hydroxylation sites is 2. The van der Waals surface area contributed by atoms with Gasteiger partial charge in [0.2, 0.25) is 5.91 Å². The molecule has 122 valence electrons. The van der Waals surface area contributed by atoms with Crippen LogP contribution in [0.15, 0.2) is 53.3 Å². The number of rotatable bonds is 4. The number of fused-ring (bicyclic) bond motifs is 1. The highest BCUT2D eigenvalue weighted by Crippen LogP contribution is 2.15. The highest BCUT2D eigenvalue weighted by molar-refractivity contribution is 5.91. The number of aryl methyl sites for hydroxylation is 2. The first-order valence-electron chi connectivity index (χ1n) is 7.94. The minimum atomic E-state index is -0.238. The Bertz CT molecular complexity index is 960. The summed E-state index contributed by atoms with van der Waals surface area (Å²) in [4.78, 5) is 29.4. The Labute approximate surface area is 140 Å². The van der Waals surface area contributed by atoms with Gasteiger partial charge in [0.05, 0.1) is 10.9 Å². The molecule has 1 N–H and O–H groups in total. The summed E-state index contributed by atoms with van der Waals surface area (Å²) in [6.07, 6.45) is 0.826. The van der Waals surface area contributed by atoms with E-state index in [4.69, 9.17) is 0 Å². The number of benzene rings is 2. The van der Waals surface area contributed by atoms with Gasteiger partial charge in [-0.2, -0.15) is 0 Å². The molecule has 0 bridgehead atoms. The summed E-state index contributed by atoms with van der Waals surface area (Å²) in [6.45, 7) is 3.72. The molecule has 24 heavy (non-hydrogen) atoms. The third kappa shape index (κ3) is 3.06. The monoisotopic (exact) mass is 321 g/mol. The van der Waals surface area contributed by atoms with Crippen molar-refractivity contribution in [3.63, 3.8) is 0 Å². The summed E-state index contributed by atoms with van der Waals surface area (Å²) in [7, 11) is 0. The molecule has 1 amide bonds. The van der Waals surface area contributed by atoms with Crippen LogP contribution in [0.2, 0.25) is 0 Å². The third-order valence-electron chi connectivity index (χ3n) is 4.03. The van der Waals surface area contributed by atoms with E-state index in [0.717, 1.165) is 17.7 Å². The maximum absolute atomic E-state index is 12.6. The Morgan fingerprint density at radius 3 is 2.62 bits per heavy atom. The summed E-state index contributed by atoms with van der Waals surface area (Å²) >= 11 is 0. The lowest BCUT2D eigenvalue weighted by atomic mass is 10.1. The average Bonchev–Trinajstić information content (AvgIpc) is 2.59. The van der Waals surface area contributed by atoms with E-state index < -0.39 is 0 Å². The maximum Gasteiger partial charge on any atom is 0.261 e. The van der Waals surface area contributed by atoms with Crippen molar-refractivity contribution >= 4 is 22.5 Å². The molecule has 0 unspecified atom stereocenters.